The SMILES string of the molecule is CC(C)(C)OC(=O)NCCCc1ccsc1C(=O)O. The number of carbonyl (C=O) groups excluding carboxylic acids is 1. The van der Waals surface area contributed by atoms with Gasteiger partial charge in [-0.2, -0.15) is 0 Å². The molecule has 1 rings (SSSR count). The van der Waals surface area contributed by atoms with Crippen molar-refractivity contribution in [3.05, 3.63) is 21.9 Å². The van der Waals surface area contributed by atoms with E-state index in [4.69, 9.17) is 9.84 Å². The van der Waals surface area contributed by atoms with Gasteiger partial charge in [-0.1, -0.05) is 0 Å². The molecule has 0 saturated carbocycles. The normalized spacial score (nSPS) is 11.1. The minimum atomic E-state index is -0.898. The Morgan fingerprint density at radius 2 is 2.11 bits per heavy atom. The Bertz CT molecular complexity index is 448. The molecule has 19 heavy (non-hydrogen) atoms. The van der Waals surface area contributed by atoms with Crippen molar-refractivity contribution in [3.8, 4) is 0 Å². The van der Waals surface area contributed by atoms with Crippen molar-refractivity contribution in [1.82, 2.24) is 5.32 Å². The molecule has 5 nitrogen and oxygen atoms in total. The molecule has 0 unspecified atom stereocenters. The van der Waals surface area contributed by atoms with Gasteiger partial charge < -0.3 is 15.2 Å². The molecule has 0 aliphatic carbocycles. The molecule has 0 aliphatic rings. The summed E-state index contributed by atoms with van der Waals surface area (Å²) in [5.41, 5.74) is 0.303. The van der Waals surface area contributed by atoms with Gasteiger partial charge >= 0.3 is 12.1 Å². The monoisotopic (exact) mass is 285 g/mol. The summed E-state index contributed by atoms with van der Waals surface area (Å²) < 4.78 is 5.09. The third-order valence-corrected chi connectivity index (χ3v) is 3.18. The van der Waals surface area contributed by atoms with E-state index in [-0.39, 0.29) is 0 Å². The van der Waals surface area contributed by atoms with Crippen LogP contribution in [0.5, 0.6) is 0 Å². The topological polar surface area (TPSA) is 75.6 Å². The summed E-state index contributed by atoms with van der Waals surface area (Å²) in [4.78, 5) is 22.6. The molecule has 0 spiro atoms. The number of rotatable bonds is 5. The molecule has 0 aliphatic heterocycles. The molecule has 0 fully saturated rings. The van der Waals surface area contributed by atoms with Crippen LogP contribution in [0.2, 0.25) is 0 Å². The Kier molecular flexibility index (Phi) is 5.35. The van der Waals surface area contributed by atoms with Gasteiger partial charge in [0.05, 0.1) is 0 Å². The smallest absolute Gasteiger partial charge is 0.407 e. The molecule has 0 atom stereocenters. The minimum absolute atomic E-state index is 0.372. The molecule has 1 aromatic heterocycles. The number of hydrogen-bond donors (Lipinski definition) is 2. The third kappa shape index (κ3) is 5.74. The number of carboxylic acids is 1. The summed E-state index contributed by atoms with van der Waals surface area (Å²) in [6.45, 7) is 5.87. The number of nitrogens with one attached hydrogen (secondary N) is 1. The summed E-state index contributed by atoms with van der Waals surface area (Å²) in [5.74, 6) is -0.898. The zero-order valence-corrected chi connectivity index (χ0v) is 12.2. The number of carboxylic acid groups (broad SMARTS) is 1. The van der Waals surface area contributed by atoms with E-state index in [0.29, 0.717) is 24.3 Å². The van der Waals surface area contributed by atoms with E-state index in [0.717, 1.165) is 5.56 Å². The van der Waals surface area contributed by atoms with Crippen LogP contribution in [0.25, 0.3) is 0 Å². The average Bonchev–Trinajstić information content (AvgIpc) is 2.70. The first-order valence-corrected chi connectivity index (χ1v) is 6.94. The predicted molar refractivity (Wildman–Crippen MR) is 73.8 cm³/mol. The quantitative estimate of drug-likeness (QED) is 0.816. The van der Waals surface area contributed by atoms with E-state index in [9.17, 15) is 9.59 Å². The first-order chi connectivity index (χ1) is 8.79. The van der Waals surface area contributed by atoms with Gasteiger partial charge in [0.25, 0.3) is 0 Å². The zero-order valence-electron chi connectivity index (χ0n) is 11.4. The van der Waals surface area contributed by atoms with Crippen LogP contribution in [0.4, 0.5) is 4.79 Å². The molecule has 106 valence electrons. The molecule has 2 N–H and O–H groups in total. The average molecular weight is 285 g/mol. The Hall–Kier alpha value is -1.56. The van der Waals surface area contributed by atoms with Gasteiger partial charge in [0.1, 0.15) is 10.5 Å². The highest BCUT2D eigenvalue weighted by Gasteiger charge is 2.15. The largest absolute Gasteiger partial charge is 0.477 e. The van der Waals surface area contributed by atoms with Crippen molar-refractivity contribution in [3.63, 3.8) is 0 Å². The fourth-order valence-corrected chi connectivity index (χ4v) is 2.29. The fraction of sp³-hybridized carbons (Fsp3) is 0.538. The molecule has 0 bridgehead atoms. The molecule has 0 aromatic carbocycles. The molecule has 1 amide bonds. The van der Waals surface area contributed by atoms with E-state index in [1.807, 2.05) is 6.07 Å². The van der Waals surface area contributed by atoms with Crippen LogP contribution in [0, 0.1) is 0 Å². The summed E-state index contributed by atoms with van der Waals surface area (Å²) in [7, 11) is 0. The van der Waals surface area contributed by atoms with E-state index in [1.165, 1.54) is 11.3 Å². The Morgan fingerprint density at radius 1 is 1.42 bits per heavy atom. The van der Waals surface area contributed by atoms with Crippen LogP contribution in [0.1, 0.15) is 42.4 Å². The molecular weight excluding hydrogens is 266 g/mol. The van der Waals surface area contributed by atoms with Crippen LogP contribution >= 0.6 is 11.3 Å². The third-order valence-electron chi connectivity index (χ3n) is 2.23. The maximum Gasteiger partial charge on any atom is 0.407 e. The summed E-state index contributed by atoms with van der Waals surface area (Å²) in [6, 6.07) is 1.81. The number of ether oxygens (including phenoxy) is 1. The summed E-state index contributed by atoms with van der Waals surface area (Å²) >= 11 is 1.22. The number of amides is 1. The van der Waals surface area contributed by atoms with Gasteiger partial charge in [0.15, 0.2) is 0 Å². The highest BCUT2D eigenvalue weighted by atomic mass is 32.1. The van der Waals surface area contributed by atoms with Crippen LogP contribution < -0.4 is 5.32 Å². The number of alkyl carbamates (subject to hydrolysis) is 1. The Labute approximate surface area is 116 Å². The lowest BCUT2D eigenvalue weighted by Gasteiger charge is -2.19. The molecule has 1 heterocycles. The second-order valence-corrected chi connectivity index (χ2v) is 6.03. The number of aromatic carboxylic acids is 1. The van der Waals surface area contributed by atoms with Gasteiger partial charge in [-0.25, -0.2) is 9.59 Å². The van der Waals surface area contributed by atoms with E-state index >= 15 is 0 Å². The van der Waals surface area contributed by atoms with Gasteiger partial charge in [-0.15, -0.1) is 11.3 Å². The number of thiophene rings is 1. The van der Waals surface area contributed by atoms with Crippen LogP contribution in [0.15, 0.2) is 11.4 Å². The van der Waals surface area contributed by atoms with Crippen LogP contribution in [0.3, 0.4) is 0 Å². The van der Waals surface area contributed by atoms with Crippen LogP contribution in [-0.2, 0) is 11.2 Å². The molecule has 0 saturated heterocycles. The molecule has 0 radical (unpaired) electrons. The predicted octanol–water partition coefficient (Wildman–Crippen LogP) is 2.90. The van der Waals surface area contributed by atoms with Crippen LogP contribution in [-0.4, -0.2) is 29.3 Å². The van der Waals surface area contributed by atoms with Gasteiger partial charge in [0.2, 0.25) is 0 Å². The van der Waals surface area contributed by atoms with Crippen molar-refractivity contribution in [1.29, 1.82) is 0 Å². The van der Waals surface area contributed by atoms with Crippen molar-refractivity contribution >= 4 is 23.4 Å². The van der Waals surface area contributed by atoms with Crippen molar-refractivity contribution in [2.75, 3.05) is 6.54 Å². The number of aryl methyl sites for hydroxylation is 1. The fourth-order valence-electron chi connectivity index (χ4n) is 1.50. The van der Waals surface area contributed by atoms with Gasteiger partial charge in [-0.05, 0) is 50.6 Å². The van der Waals surface area contributed by atoms with E-state index in [2.05, 4.69) is 5.32 Å². The van der Waals surface area contributed by atoms with Gasteiger partial charge in [0, 0.05) is 6.54 Å². The molecule has 6 heteroatoms. The second-order valence-electron chi connectivity index (χ2n) is 5.11. The maximum absolute atomic E-state index is 11.4. The lowest BCUT2D eigenvalue weighted by Crippen LogP contribution is -2.33. The van der Waals surface area contributed by atoms with E-state index < -0.39 is 17.7 Å². The summed E-state index contributed by atoms with van der Waals surface area (Å²) in [6.07, 6.45) is 0.855. The van der Waals surface area contributed by atoms with Crippen molar-refractivity contribution in [2.45, 2.75) is 39.2 Å². The number of carbonyl (C=O) groups is 2. The maximum atomic E-state index is 11.4. The zero-order chi connectivity index (χ0) is 14.5. The number of hydrogen-bond acceptors (Lipinski definition) is 4. The lowest BCUT2D eigenvalue weighted by molar-refractivity contribution is 0.0526. The van der Waals surface area contributed by atoms with E-state index in [1.54, 1.807) is 26.2 Å². The Balaban J connectivity index is 2.30. The van der Waals surface area contributed by atoms with Crippen molar-refractivity contribution in [2.24, 2.45) is 0 Å². The summed E-state index contributed by atoms with van der Waals surface area (Å²) in [5, 5.41) is 13.4. The van der Waals surface area contributed by atoms with Gasteiger partial charge in [-0.3, -0.25) is 0 Å². The minimum Gasteiger partial charge on any atom is -0.477 e. The second kappa shape index (κ2) is 6.56. The molecule has 1 aromatic rings. The lowest BCUT2D eigenvalue weighted by atomic mass is 10.1. The highest BCUT2D eigenvalue weighted by Crippen LogP contribution is 2.18. The van der Waals surface area contributed by atoms with Crippen molar-refractivity contribution < 1.29 is 19.4 Å². The highest BCUT2D eigenvalue weighted by molar-refractivity contribution is 7.12. The standard InChI is InChI=1S/C13H19NO4S/c1-13(2,3)18-12(17)14-7-4-5-9-6-8-19-10(9)11(15)16/h6,8H,4-5,7H2,1-3H3,(H,14,17)(H,15,16). The molecular formula is C13H19NO4S. The Morgan fingerprint density at radius 3 is 2.68 bits per heavy atom. The first kappa shape index (κ1) is 15.5. The first-order valence-electron chi connectivity index (χ1n) is 6.06.